The number of nitrogens with one attached hydrogen (secondary N) is 1. The molecule has 1 saturated carbocycles. The fraction of sp³-hybridized carbons (Fsp3) is 0.429. The van der Waals surface area contributed by atoms with Crippen molar-refractivity contribution in [1.29, 1.82) is 0 Å². The standard InChI is InChI=1S/C28H31N7O4/c1-37-23-9-5-4-8-22(23)33-10-12-34(13-11-33)26(27-30-31-32-35(27)19-6-2-3-7-19)20-14-18-15-24-25(39-17-38-24)16-21(18)29-28(20)36/h4-5,8-9,14-16,19,26H,2-3,6-7,10-13,17H2,1H3,(H,29,36)/t26-/m0/s1. The van der Waals surface area contributed by atoms with Crippen molar-refractivity contribution < 1.29 is 14.2 Å². The van der Waals surface area contributed by atoms with Crippen molar-refractivity contribution in [3.8, 4) is 17.2 Å². The SMILES string of the molecule is COc1ccccc1N1CCN([C@@H](c2cc3cc4c(cc3[nH]c2=O)OCO4)c2nnnn2C2CCCC2)CC1. The van der Waals surface area contributed by atoms with Gasteiger partial charge >= 0.3 is 0 Å². The van der Waals surface area contributed by atoms with Crippen molar-refractivity contribution in [1.82, 2.24) is 30.1 Å². The van der Waals surface area contributed by atoms with E-state index in [0.717, 1.165) is 74.5 Å². The third-order valence-electron chi connectivity index (χ3n) is 8.20. The zero-order valence-corrected chi connectivity index (χ0v) is 21.9. The van der Waals surface area contributed by atoms with Crippen molar-refractivity contribution in [2.75, 3.05) is 45.0 Å². The number of H-pyrrole nitrogens is 1. The fourth-order valence-electron chi connectivity index (χ4n) is 6.22. The molecule has 2 aromatic heterocycles. The number of hydrogen-bond donors (Lipinski definition) is 1. The lowest BCUT2D eigenvalue weighted by atomic mass is 10.0. The minimum absolute atomic E-state index is 0.153. The highest BCUT2D eigenvalue weighted by molar-refractivity contribution is 5.83. The van der Waals surface area contributed by atoms with Gasteiger partial charge in [0, 0.05) is 43.2 Å². The molecule has 1 atom stereocenters. The first-order valence-electron chi connectivity index (χ1n) is 13.6. The smallest absolute Gasteiger partial charge is 0.253 e. The highest BCUT2D eigenvalue weighted by atomic mass is 16.7. The quantitative estimate of drug-likeness (QED) is 0.402. The van der Waals surface area contributed by atoms with Gasteiger partial charge in [0.25, 0.3) is 5.56 Å². The molecule has 7 rings (SSSR count). The summed E-state index contributed by atoms with van der Waals surface area (Å²) in [6.07, 6.45) is 4.42. The van der Waals surface area contributed by atoms with E-state index in [2.05, 4.69) is 36.4 Å². The summed E-state index contributed by atoms with van der Waals surface area (Å²) in [5.41, 5.74) is 2.26. The summed E-state index contributed by atoms with van der Waals surface area (Å²) in [5, 5.41) is 13.9. The maximum Gasteiger partial charge on any atom is 0.253 e. The number of pyridine rings is 1. The van der Waals surface area contributed by atoms with Crippen LogP contribution in [0.5, 0.6) is 17.2 Å². The van der Waals surface area contributed by atoms with Gasteiger partial charge in [-0.25, -0.2) is 4.68 Å². The number of para-hydroxylation sites is 2. The first-order chi connectivity index (χ1) is 19.2. The summed E-state index contributed by atoms with van der Waals surface area (Å²) < 4.78 is 18.7. The largest absolute Gasteiger partial charge is 0.495 e. The molecular formula is C28H31N7O4. The molecule has 0 radical (unpaired) electrons. The average Bonchev–Trinajstić information content (AvgIpc) is 3.75. The van der Waals surface area contributed by atoms with Gasteiger partial charge in [-0.3, -0.25) is 9.69 Å². The second-order valence-electron chi connectivity index (χ2n) is 10.4. The minimum Gasteiger partial charge on any atom is -0.495 e. The Kier molecular flexibility index (Phi) is 6.07. The van der Waals surface area contributed by atoms with E-state index in [1.165, 1.54) is 0 Å². The molecule has 39 heavy (non-hydrogen) atoms. The molecule has 0 unspecified atom stereocenters. The number of tetrazole rings is 1. The Labute approximate surface area is 225 Å². The number of aromatic amines is 1. The molecule has 2 fully saturated rings. The summed E-state index contributed by atoms with van der Waals surface area (Å²) in [6, 6.07) is 13.7. The van der Waals surface area contributed by atoms with Gasteiger partial charge in [-0.2, -0.15) is 0 Å². The molecule has 11 nitrogen and oxygen atoms in total. The van der Waals surface area contributed by atoms with Crippen molar-refractivity contribution in [3.05, 3.63) is 64.2 Å². The lowest BCUT2D eigenvalue weighted by Crippen LogP contribution is -2.49. The predicted molar refractivity (Wildman–Crippen MR) is 145 cm³/mol. The van der Waals surface area contributed by atoms with E-state index in [9.17, 15) is 4.79 Å². The Morgan fingerprint density at radius 2 is 1.79 bits per heavy atom. The number of fused-ring (bicyclic) bond motifs is 2. The lowest BCUT2D eigenvalue weighted by Gasteiger charge is -2.40. The fourth-order valence-corrected chi connectivity index (χ4v) is 6.22. The average molecular weight is 530 g/mol. The van der Waals surface area contributed by atoms with Crippen molar-refractivity contribution in [2.24, 2.45) is 0 Å². The number of hydrogen-bond acceptors (Lipinski definition) is 9. The molecule has 4 aromatic rings. The first-order valence-corrected chi connectivity index (χ1v) is 13.6. The van der Waals surface area contributed by atoms with E-state index in [1.807, 2.05) is 41.1 Å². The first kappa shape index (κ1) is 24.0. The maximum absolute atomic E-state index is 13.7. The number of piperazine rings is 1. The zero-order valence-electron chi connectivity index (χ0n) is 21.9. The summed E-state index contributed by atoms with van der Waals surface area (Å²) >= 11 is 0. The summed E-state index contributed by atoms with van der Waals surface area (Å²) in [7, 11) is 1.70. The van der Waals surface area contributed by atoms with Crippen LogP contribution in [0.3, 0.4) is 0 Å². The van der Waals surface area contributed by atoms with Crippen LogP contribution in [0.4, 0.5) is 5.69 Å². The van der Waals surface area contributed by atoms with Gasteiger partial charge in [-0.05, 0) is 47.5 Å². The summed E-state index contributed by atoms with van der Waals surface area (Å²) in [6.45, 7) is 3.22. The van der Waals surface area contributed by atoms with E-state index in [0.29, 0.717) is 22.6 Å². The second-order valence-corrected chi connectivity index (χ2v) is 10.4. The molecule has 0 bridgehead atoms. The van der Waals surface area contributed by atoms with Gasteiger partial charge in [0.2, 0.25) is 6.79 Å². The third kappa shape index (κ3) is 4.26. The van der Waals surface area contributed by atoms with Gasteiger partial charge in [0.05, 0.1) is 24.4 Å². The zero-order chi connectivity index (χ0) is 26.3. The minimum atomic E-state index is -0.390. The summed E-state index contributed by atoms with van der Waals surface area (Å²) in [4.78, 5) is 21.4. The van der Waals surface area contributed by atoms with E-state index >= 15 is 0 Å². The Morgan fingerprint density at radius 3 is 2.59 bits per heavy atom. The molecule has 1 N–H and O–H groups in total. The number of nitrogens with zero attached hydrogens (tertiary/aromatic N) is 6. The van der Waals surface area contributed by atoms with Crippen molar-refractivity contribution >= 4 is 16.6 Å². The molecule has 1 saturated heterocycles. The number of rotatable bonds is 6. The maximum atomic E-state index is 13.7. The Bertz CT molecular complexity index is 1550. The van der Waals surface area contributed by atoms with Gasteiger partial charge in [-0.1, -0.05) is 25.0 Å². The lowest BCUT2D eigenvalue weighted by molar-refractivity contribution is 0.174. The molecule has 4 heterocycles. The van der Waals surface area contributed by atoms with Crippen LogP contribution in [0.1, 0.15) is 49.2 Å². The third-order valence-corrected chi connectivity index (χ3v) is 8.20. The predicted octanol–water partition coefficient (Wildman–Crippen LogP) is 3.28. The molecule has 11 heteroatoms. The highest BCUT2D eigenvalue weighted by Crippen LogP contribution is 2.38. The van der Waals surface area contributed by atoms with Crippen LogP contribution >= 0.6 is 0 Å². The molecule has 0 amide bonds. The Hall–Kier alpha value is -4.12. The van der Waals surface area contributed by atoms with E-state index in [4.69, 9.17) is 14.2 Å². The van der Waals surface area contributed by atoms with Crippen molar-refractivity contribution in [3.63, 3.8) is 0 Å². The number of anilines is 1. The molecular weight excluding hydrogens is 498 g/mol. The molecule has 0 spiro atoms. The van der Waals surface area contributed by atoms with E-state index in [-0.39, 0.29) is 24.4 Å². The molecule has 202 valence electrons. The Morgan fingerprint density at radius 1 is 1.03 bits per heavy atom. The van der Waals surface area contributed by atoms with Crippen LogP contribution in [-0.2, 0) is 0 Å². The van der Waals surface area contributed by atoms with Gasteiger partial charge in [-0.15, -0.1) is 5.10 Å². The number of ether oxygens (including phenoxy) is 3. The van der Waals surface area contributed by atoms with Crippen LogP contribution in [-0.4, -0.2) is 70.2 Å². The van der Waals surface area contributed by atoms with Gasteiger partial charge in [0.15, 0.2) is 17.3 Å². The molecule has 2 aromatic carbocycles. The monoisotopic (exact) mass is 529 g/mol. The van der Waals surface area contributed by atoms with Crippen LogP contribution in [0.15, 0.2) is 47.3 Å². The van der Waals surface area contributed by atoms with E-state index < -0.39 is 0 Å². The normalized spacial score (nSPS) is 18.6. The summed E-state index contributed by atoms with van der Waals surface area (Å²) in [5.74, 6) is 2.90. The van der Waals surface area contributed by atoms with E-state index in [1.54, 1.807) is 7.11 Å². The molecule has 2 aliphatic heterocycles. The van der Waals surface area contributed by atoms with Crippen LogP contribution in [0.2, 0.25) is 0 Å². The van der Waals surface area contributed by atoms with Gasteiger partial charge < -0.3 is 24.1 Å². The van der Waals surface area contributed by atoms with Crippen LogP contribution in [0, 0.1) is 0 Å². The van der Waals surface area contributed by atoms with Crippen molar-refractivity contribution in [2.45, 2.75) is 37.8 Å². The number of benzene rings is 2. The van der Waals surface area contributed by atoms with Crippen LogP contribution in [0.25, 0.3) is 10.9 Å². The van der Waals surface area contributed by atoms with Crippen LogP contribution < -0.4 is 24.7 Å². The number of aromatic nitrogens is 5. The Balaban J connectivity index is 1.28. The molecule has 1 aliphatic carbocycles. The topological polar surface area (TPSA) is 111 Å². The molecule has 3 aliphatic rings. The second kappa shape index (κ2) is 9.88. The van der Waals surface area contributed by atoms with Gasteiger partial charge in [0.1, 0.15) is 11.8 Å². The number of methoxy groups -OCH3 is 1. The highest BCUT2D eigenvalue weighted by Gasteiger charge is 2.35.